The summed E-state index contributed by atoms with van der Waals surface area (Å²) >= 11 is 0. The van der Waals surface area contributed by atoms with Gasteiger partial charge >= 0.3 is 0 Å². The molecule has 0 saturated carbocycles. The molecule has 2 unspecified atom stereocenters. The van der Waals surface area contributed by atoms with Crippen molar-refractivity contribution >= 4 is 0 Å². The molecular formula is C12H23NO2. The summed E-state index contributed by atoms with van der Waals surface area (Å²) in [4.78, 5) is 0. The largest absolute Gasteiger partial charge is 0.496 e. The van der Waals surface area contributed by atoms with Crippen LogP contribution in [-0.2, 0) is 9.47 Å². The first-order valence-electron chi connectivity index (χ1n) is 5.97. The molecule has 0 aliphatic carbocycles. The minimum absolute atomic E-state index is 0.172. The van der Waals surface area contributed by atoms with Gasteiger partial charge in [-0.05, 0) is 32.9 Å². The summed E-state index contributed by atoms with van der Waals surface area (Å²) in [6, 6.07) is 0.215. The third-order valence-corrected chi connectivity index (χ3v) is 2.55. The number of hydrogen-bond acceptors (Lipinski definition) is 3. The second-order valence-corrected chi connectivity index (χ2v) is 3.84. The minimum Gasteiger partial charge on any atom is -0.496 e. The van der Waals surface area contributed by atoms with Crippen LogP contribution in [0.5, 0.6) is 0 Å². The minimum atomic E-state index is 0.172. The van der Waals surface area contributed by atoms with Crippen LogP contribution in [0.2, 0.25) is 0 Å². The molecule has 0 amide bonds. The number of ether oxygens (including phenoxy) is 2. The lowest BCUT2D eigenvalue weighted by atomic mass is 10.1. The maximum atomic E-state index is 5.63. The van der Waals surface area contributed by atoms with Crippen molar-refractivity contribution in [2.75, 3.05) is 19.8 Å². The summed E-state index contributed by atoms with van der Waals surface area (Å²) in [5.74, 6) is 1.06. The van der Waals surface area contributed by atoms with Crippen LogP contribution in [0.15, 0.2) is 11.8 Å². The first-order chi connectivity index (χ1) is 7.29. The van der Waals surface area contributed by atoms with Gasteiger partial charge in [0.2, 0.25) is 0 Å². The Morgan fingerprint density at radius 3 is 2.87 bits per heavy atom. The van der Waals surface area contributed by atoms with E-state index in [0.29, 0.717) is 0 Å². The zero-order valence-corrected chi connectivity index (χ0v) is 10.1. The predicted molar refractivity (Wildman–Crippen MR) is 61.8 cm³/mol. The molecule has 1 N–H and O–H groups in total. The van der Waals surface area contributed by atoms with Crippen LogP contribution in [0.1, 0.15) is 33.6 Å². The van der Waals surface area contributed by atoms with Gasteiger partial charge in [0.1, 0.15) is 5.76 Å². The average molecular weight is 213 g/mol. The second-order valence-electron chi connectivity index (χ2n) is 3.84. The molecule has 0 aromatic carbocycles. The van der Waals surface area contributed by atoms with Crippen molar-refractivity contribution in [3.8, 4) is 0 Å². The van der Waals surface area contributed by atoms with E-state index in [9.17, 15) is 0 Å². The SMILES string of the molecule is CCCNC(C1=CCCO1)C(C)OCC. The predicted octanol–water partition coefficient (Wildman–Crippen LogP) is 2.08. The summed E-state index contributed by atoms with van der Waals surface area (Å²) < 4.78 is 11.2. The van der Waals surface area contributed by atoms with Gasteiger partial charge in [-0.1, -0.05) is 6.92 Å². The van der Waals surface area contributed by atoms with Crippen molar-refractivity contribution in [3.05, 3.63) is 11.8 Å². The molecular weight excluding hydrogens is 190 g/mol. The molecule has 88 valence electrons. The van der Waals surface area contributed by atoms with E-state index in [-0.39, 0.29) is 12.1 Å². The van der Waals surface area contributed by atoms with E-state index in [4.69, 9.17) is 9.47 Å². The van der Waals surface area contributed by atoms with Crippen LogP contribution in [0.4, 0.5) is 0 Å². The molecule has 0 radical (unpaired) electrons. The number of rotatable bonds is 7. The molecule has 0 saturated heterocycles. The van der Waals surface area contributed by atoms with E-state index in [1.165, 1.54) is 0 Å². The highest BCUT2D eigenvalue weighted by molar-refractivity contribution is 5.09. The van der Waals surface area contributed by atoms with Gasteiger partial charge in [0, 0.05) is 13.0 Å². The van der Waals surface area contributed by atoms with Gasteiger partial charge in [-0.2, -0.15) is 0 Å². The van der Waals surface area contributed by atoms with Crippen molar-refractivity contribution in [2.24, 2.45) is 0 Å². The molecule has 15 heavy (non-hydrogen) atoms. The maximum Gasteiger partial charge on any atom is 0.112 e. The fourth-order valence-corrected chi connectivity index (χ4v) is 1.81. The monoisotopic (exact) mass is 213 g/mol. The molecule has 0 aromatic heterocycles. The second kappa shape index (κ2) is 6.85. The normalized spacial score (nSPS) is 19.5. The van der Waals surface area contributed by atoms with Gasteiger partial charge in [-0.3, -0.25) is 0 Å². The molecule has 0 spiro atoms. The van der Waals surface area contributed by atoms with Crippen molar-refractivity contribution in [1.82, 2.24) is 5.32 Å². The summed E-state index contributed by atoms with van der Waals surface area (Å²) in [5, 5.41) is 3.48. The maximum absolute atomic E-state index is 5.63. The van der Waals surface area contributed by atoms with Gasteiger partial charge in [-0.15, -0.1) is 0 Å². The van der Waals surface area contributed by atoms with E-state index in [0.717, 1.165) is 38.4 Å². The Labute approximate surface area is 92.8 Å². The highest BCUT2D eigenvalue weighted by Gasteiger charge is 2.24. The van der Waals surface area contributed by atoms with Crippen LogP contribution < -0.4 is 5.32 Å². The van der Waals surface area contributed by atoms with Crippen LogP contribution >= 0.6 is 0 Å². The molecule has 0 fully saturated rings. The summed E-state index contributed by atoms with van der Waals surface area (Å²) in [6.45, 7) is 8.86. The Morgan fingerprint density at radius 1 is 1.53 bits per heavy atom. The third kappa shape index (κ3) is 3.84. The quantitative estimate of drug-likeness (QED) is 0.702. The highest BCUT2D eigenvalue weighted by Crippen LogP contribution is 2.17. The van der Waals surface area contributed by atoms with Crippen molar-refractivity contribution < 1.29 is 9.47 Å². The Kier molecular flexibility index (Phi) is 5.73. The van der Waals surface area contributed by atoms with Crippen molar-refractivity contribution in [3.63, 3.8) is 0 Å². The third-order valence-electron chi connectivity index (χ3n) is 2.55. The van der Waals surface area contributed by atoms with Crippen molar-refractivity contribution in [2.45, 2.75) is 45.8 Å². The zero-order chi connectivity index (χ0) is 11.1. The van der Waals surface area contributed by atoms with E-state index >= 15 is 0 Å². The summed E-state index contributed by atoms with van der Waals surface area (Å²) in [5.41, 5.74) is 0. The first kappa shape index (κ1) is 12.5. The molecule has 2 atom stereocenters. The van der Waals surface area contributed by atoms with Crippen LogP contribution in [0.25, 0.3) is 0 Å². The summed E-state index contributed by atoms with van der Waals surface area (Å²) in [7, 11) is 0. The lowest BCUT2D eigenvalue weighted by Gasteiger charge is -2.25. The average Bonchev–Trinajstić information content (AvgIpc) is 2.72. The van der Waals surface area contributed by atoms with Gasteiger partial charge in [0.15, 0.2) is 0 Å². The van der Waals surface area contributed by atoms with Crippen LogP contribution in [-0.4, -0.2) is 31.9 Å². The van der Waals surface area contributed by atoms with Crippen molar-refractivity contribution in [1.29, 1.82) is 0 Å². The molecule has 1 heterocycles. The van der Waals surface area contributed by atoms with Gasteiger partial charge < -0.3 is 14.8 Å². The molecule has 3 heteroatoms. The Bertz CT molecular complexity index is 204. The Morgan fingerprint density at radius 2 is 2.33 bits per heavy atom. The zero-order valence-electron chi connectivity index (χ0n) is 10.1. The molecule has 3 nitrogen and oxygen atoms in total. The van der Waals surface area contributed by atoms with E-state index in [1.807, 2.05) is 6.92 Å². The first-order valence-corrected chi connectivity index (χ1v) is 5.97. The van der Waals surface area contributed by atoms with Crippen LogP contribution in [0.3, 0.4) is 0 Å². The van der Waals surface area contributed by atoms with Gasteiger partial charge in [0.05, 0.1) is 18.8 Å². The fraction of sp³-hybridized carbons (Fsp3) is 0.833. The lowest BCUT2D eigenvalue weighted by Crippen LogP contribution is -2.42. The highest BCUT2D eigenvalue weighted by atomic mass is 16.5. The van der Waals surface area contributed by atoms with E-state index in [2.05, 4.69) is 25.2 Å². The molecule has 1 aliphatic rings. The number of nitrogens with one attached hydrogen (secondary N) is 1. The lowest BCUT2D eigenvalue weighted by molar-refractivity contribution is 0.0407. The molecule has 0 bridgehead atoms. The standard InChI is InChI=1S/C12H23NO2/c1-4-8-13-12(10(3)14-5-2)11-7-6-9-15-11/h7,10,12-13H,4-6,8-9H2,1-3H3. The van der Waals surface area contributed by atoms with Gasteiger partial charge in [0.25, 0.3) is 0 Å². The van der Waals surface area contributed by atoms with Gasteiger partial charge in [-0.25, -0.2) is 0 Å². The molecule has 1 aliphatic heterocycles. The van der Waals surface area contributed by atoms with Crippen LogP contribution in [0, 0.1) is 0 Å². The molecule has 1 rings (SSSR count). The number of hydrogen-bond donors (Lipinski definition) is 1. The smallest absolute Gasteiger partial charge is 0.112 e. The topological polar surface area (TPSA) is 30.5 Å². The fourth-order valence-electron chi connectivity index (χ4n) is 1.81. The Balaban J connectivity index is 2.51. The Hall–Kier alpha value is -0.540. The summed E-state index contributed by atoms with van der Waals surface area (Å²) in [6.07, 6.45) is 4.50. The molecule has 0 aromatic rings. The van der Waals surface area contributed by atoms with E-state index in [1.54, 1.807) is 0 Å². The van der Waals surface area contributed by atoms with E-state index < -0.39 is 0 Å².